The standard InChI is InChI=1S/C24H27N5OS/c30-23(27-26-18-22-17-25-19-31-22)11-12-28-13-15-29(16-14-28)24(20-7-3-1-4-8-20)21-9-5-2-6-10-21/h1-10,17-19,24H,11-16H2,(H,27,30)/b26-18+. The molecule has 0 spiro atoms. The highest BCUT2D eigenvalue weighted by molar-refractivity contribution is 7.11. The minimum atomic E-state index is -0.0605. The molecule has 0 atom stereocenters. The Hall–Kier alpha value is -2.87. The molecule has 2 aromatic carbocycles. The first-order chi connectivity index (χ1) is 15.3. The lowest BCUT2D eigenvalue weighted by molar-refractivity contribution is -0.121. The third-order valence-corrected chi connectivity index (χ3v) is 6.20. The SMILES string of the molecule is O=C(CCN1CCN(C(c2ccccc2)c2ccccc2)CC1)N/N=C/c1cncs1. The number of carbonyl (C=O) groups is 1. The van der Waals surface area contributed by atoms with E-state index in [9.17, 15) is 4.79 Å². The molecule has 1 amide bonds. The van der Waals surface area contributed by atoms with Gasteiger partial charge in [-0.2, -0.15) is 5.10 Å². The van der Waals surface area contributed by atoms with Crippen molar-refractivity contribution in [3.63, 3.8) is 0 Å². The van der Waals surface area contributed by atoms with Crippen molar-refractivity contribution >= 4 is 23.5 Å². The number of aromatic nitrogens is 1. The smallest absolute Gasteiger partial charge is 0.241 e. The zero-order chi connectivity index (χ0) is 21.3. The first kappa shape index (κ1) is 21.4. The van der Waals surface area contributed by atoms with Crippen LogP contribution < -0.4 is 5.43 Å². The van der Waals surface area contributed by atoms with Crippen LogP contribution >= 0.6 is 11.3 Å². The molecule has 1 N–H and O–H groups in total. The van der Waals surface area contributed by atoms with E-state index in [1.54, 1.807) is 17.9 Å². The van der Waals surface area contributed by atoms with Gasteiger partial charge in [0, 0.05) is 45.3 Å². The molecule has 4 rings (SSSR count). The molecule has 0 saturated carbocycles. The molecule has 6 nitrogen and oxygen atoms in total. The fourth-order valence-electron chi connectivity index (χ4n) is 3.90. The van der Waals surface area contributed by atoms with Crippen molar-refractivity contribution in [2.45, 2.75) is 12.5 Å². The fourth-order valence-corrected chi connectivity index (χ4v) is 4.38. The van der Waals surface area contributed by atoms with Crippen LogP contribution in [0.4, 0.5) is 0 Å². The van der Waals surface area contributed by atoms with E-state index in [2.05, 4.69) is 86.0 Å². The Morgan fingerprint density at radius 3 is 2.26 bits per heavy atom. The maximum atomic E-state index is 12.1. The molecule has 1 aliphatic heterocycles. The molecule has 160 valence electrons. The summed E-state index contributed by atoms with van der Waals surface area (Å²) in [5.41, 5.74) is 6.98. The number of nitrogens with zero attached hydrogens (tertiary/aromatic N) is 4. The second kappa shape index (κ2) is 10.9. The van der Waals surface area contributed by atoms with Crippen LogP contribution in [0.15, 0.2) is 77.5 Å². The van der Waals surface area contributed by atoms with E-state index in [4.69, 9.17) is 0 Å². The molecule has 31 heavy (non-hydrogen) atoms. The van der Waals surface area contributed by atoms with Crippen LogP contribution in [-0.4, -0.2) is 59.6 Å². The third kappa shape index (κ3) is 6.07. The Balaban J connectivity index is 1.28. The van der Waals surface area contributed by atoms with Crippen LogP contribution in [0, 0.1) is 0 Å². The highest BCUT2D eigenvalue weighted by Gasteiger charge is 2.26. The molecule has 3 aromatic rings. The van der Waals surface area contributed by atoms with Crippen molar-refractivity contribution in [2.75, 3.05) is 32.7 Å². The molecule has 1 aromatic heterocycles. The van der Waals surface area contributed by atoms with Crippen molar-refractivity contribution in [3.8, 4) is 0 Å². The van der Waals surface area contributed by atoms with Gasteiger partial charge in [0.05, 0.1) is 22.6 Å². The zero-order valence-electron chi connectivity index (χ0n) is 17.4. The van der Waals surface area contributed by atoms with Crippen LogP contribution in [0.5, 0.6) is 0 Å². The Morgan fingerprint density at radius 1 is 1.03 bits per heavy atom. The Morgan fingerprint density at radius 2 is 1.68 bits per heavy atom. The number of amides is 1. The number of piperazine rings is 1. The number of benzene rings is 2. The van der Waals surface area contributed by atoms with Gasteiger partial charge in [0.2, 0.25) is 5.91 Å². The van der Waals surface area contributed by atoms with Crippen molar-refractivity contribution in [1.29, 1.82) is 0 Å². The van der Waals surface area contributed by atoms with E-state index in [1.165, 1.54) is 22.5 Å². The van der Waals surface area contributed by atoms with Gasteiger partial charge >= 0.3 is 0 Å². The molecule has 2 heterocycles. The minimum Gasteiger partial charge on any atom is -0.300 e. The van der Waals surface area contributed by atoms with Gasteiger partial charge in [0.1, 0.15) is 0 Å². The first-order valence-corrected chi connectivity index (χ1v) is 11.4. The number of hydrazone groups is 1. The summed E-state index contributed by atoms with van der Waals surface area (Å²) in [5.74, 6) is -0.0605. The highest BCUT2D eigenvalue weighted by Crippen LogP contribution is 2.29. The Bertz CT molecular complexity index is 915. The van der Waals surface area contributed by atoms with Gasteiger partial charge in [0.15, 0.2) is 0 Å². The number of hydrogen-bond acceptors (Lipinski definition) is 6. The lowest BCUT2D eigenvalue weighted by atomic mass is 9.96. The second-order valence-corrected chi connectivity index (χ2v) is 8.47. The molecular weight excluding hydrogens is 406 g/mol. The number of carbonyl (C=O) groups excluding carboxylic acids is 1. The lowest BCUT2D eigenvalue weighted by Gasteiger charge is -2.39. The van der Waals surface area contributed by atoms with Crippen molar-refractivity contribution in [2.24, 2.45) is 5.10 Å². The second-order valence-electron chi connectivity index (χ2n) is 7.55. The van der Waals surface area contributed by atoms with E-state index in [-0.39, 0.29) is 11.9 Å². The molecule has 0 radical (unpaired) electrons. The summed E-state index contributed by atoms with van der Waals surface area (Å²) in [6.07, 6.45) is 3.79. The maximum Gasteiger partial charge on any atom is 0.241 e. The predicted octanol–water partition coefficient (Wildman–Crippen LogP) is 3.39. The summed E-state index contributed by atoms with van der Waals surface area (Å²) in [6, 6.07) is 21.7. The van der Waals surface area contributed by atoms with Gasteiger partial charge in [-0.05, 0) is 11.1 Å². The molecule has 0 unspecified atom stereocenters. The quantitative estimate of drug-likeness (QED) is 0.437. The van der Waals surface area contributed by atoms with Crippen LogP contribution in [0.3, 0.4) is 0 Å². The van der Waals surface area contributed by atoms with Gasteiger partial charge in [-0.15, -0.1) is 11.3 Å². The Labute approximate surface area is 187 Å². The van der Waals surface area contributed by atoms with Crippen molar-refractivity contribution < 1.29 is 4.79 Å². The van der Waals surface area contributed by atoms with Gasteiger partial charge in [-0.1, -0.05) is 60.7 Å². The number of hydrogen-bond donors (Lipinski definition) is 1. The van der Waals surface area contributed by atoms with E-state index in [0.29, 0.717) is 6.42 Å². The van der Waals surface area contributed by atoms with Crippen LogP contribution in [0.1, 0.15) is 28.5 Å². The largest absolute Gasteiger partial charge is 0.300 e. The summed E-state index contributed by atoms with van der Waals surface area (Å²) < 4.78 is 0. The van der Waals surface area contributed by atoms with E-state index in [0.717, 1.165) is 37.6 Å². The molecule has 0 aliphatic carbocycles. The summed E-state index contributed by atoms with van der Waals surface area (Å²) >= 11 is 1.49. The lowest BCUT2D eigenvalue weighted by Crippen LogP contribution is -2.48. The molecule has 1 aliphatic rings. The zero-order valence-corrected chi connectivity index (χ0v) is 18.2. The van der Waals surface area contributed by atoms with Crippen LogP contribution in [0.25, 0.3) is 0 Å². The first-order valence-electron chi connectivity index (χ1n) is 10.6. The van der Waals surface area contributed by atoms with Crippen molar-refractivity contribution in [3.05, 3.63) is 88.4 Å². The van der Waals surface area contributed by atoms with E-state index < -0.39 is 0 Å². The number of rotatable bonds is 8. The molecule has 7 heteroatoms. The Kier molecular flexibility index (Phi) is 7.55. The minimum absolute atomic E-state index is 0.0605. The highest BCUT2D eigenvalue weighted by atomic mass is 32.1. The third-order valence-electron chi connectivity index (χ3n) is 5.49. The van der Waals surface area contributed by atoms with Crippen LogP contribution in [-0.2, 0) is 4.79 Å². The normalized spacial score (nSPS) is 15.5. The van der Waals surface area contributed by atoms with E-state index in [1.807, 2.05) is 0 Å². The van der Waals surface area contributed by atoms with Crippen LogP contribution in [0.2, 0.25) is 0 Å². The van der Waals surface area contributed by atoms with Crippen molar-refractivity contribution in [1.82, 2.24) is 20.2 Å². The van der Waals surface area contributed by atoms with Gasteiger partial charge in [-0.25, -0.2) is 5.43 Å². The topological polar surface area (TPSA) is 60.8 Å². The average molecular weight is 434 g/mol. The van der Waals surface area contributed by atoms with Gasteiger partial charge < -0.3 is 4.90 Å². The molecule has 1 fully saturated rings. The number of nitrogens with one attached hydrogen (secondary N) is 1. The fraction of sp³-hybridized carbons (Fsp3) is 0.292. The summed E-state index contributed by atoms with van der Waals surface area (Å²) in [4.78, 5) is 21.9. The molecule has 0 bridgehead atoms. The summed E-state index contributed by atoms with van der Waals surface area (Å²) in [7, 11) is 0. The van der Waals surface area contributed by atoms with E-state index >= 15 is 0 Å². The maximum absolute atomic E-state index is 12.1. The average Bonchev–Trinajstić information content (AvgIpc) is 3.34. The van der Waals surface area contributed by atoms with Gasteiger partial charge in [-0.3, -0.25) is 14.7 Å². The summed E-state index contributed by atoms with van der Waals surface area (Å²) in [6.45, 7) is 4.59. The molecular formula is C24H27N5OS. The predicted molar refractivity (Wildman–Crippen MR) is 125 cm³/mol. The molecule has 1 saturated heterocycles. The number of thiazole rings is 1. The summed E-state index contributed by atoms with van der Waals surface area (Å²) in [5, 5.41) is 4.00. The monoisotopic (exact) mass is 433 g/mol. The van der Waals surface area contributed by atoms with Gasteiger partial charge in [0.25, 0.3) is 0 Å².